The number of nitrogen functional groups attached to an aromatic ring is 1. The maximum absolute atomic E-state index is 11.0. The predicted molar refractivity (Wildman–Crippen MR) is 93.4 cm³/mol. The van der Waals surface area contributed by atoms with Crippen LogP contribution in [0.5, 0.6) is 0 Å². The van der Waals surface area contributed by atoms with Crippen molar-refractivity contribution in [2.45, 2.75) is 19.8 Å². The summed E-state index contributed by atoms with van der Waals surface area (Å²) < 4.78 is 1.54. The Labute approximate surface area is 140 Å². The van der Waals surface area contributed by atoms with Crippen molar-refractivity contribution in [2.75, 3.05) is 23.7 Å². The van der Waals surface area contributed by atoms with Crippen LogP contribution < -0.4 is 10.6 Å². The molecule has 1 aromatic heterocycles. The van der Waals surface area contributed by atoms with Crippen LogP contribution in [-0.2, 0) is 4.79 Å². The van der Waals surface area contributed by atoms with Gasteiger partial charge in [0.2, 0.25) is 5.95 Å². The van der Waals surface area contributed by atoms with Crippen molar-refractivity contribution < 1.29 is 9.90 Å². The smallest absolute Gasteiger partial charge is 0.306 e. The minimum atomic E-state index is -0.685. The summed E-state index contributed by atoms with van der Waals surface area (Å²) >= 11 is 0. The van der Waals surface area contributed by atoms with Gasteiger partial charge in [-0.3, -0.25) is 4.79 Å². The second-order valence-electron chi connectivity index (χ2n) is 6.02. The Morgan fingerprint density at radius 3 is 2.54 bits per heavy atom. The Balaban J connectivity index is 1.63. The Hall–Kier alpha value is -2.83. The highest BCUT2D eigenvalue weighted by atomic mass is 16.4. The molecule has 0 aliphatic carbocycles. The van der Waals surface area contributed by atoms with Crippen LogP contribution in [0.25, 0.3) is 0 Å². The average molecular weight is 327 g/mol. The first-order valence-corrected chi connectivity index (χ1v) is 7.96. The minimum Gasteiger partial charge on any atom is -0.481 e. The van der Waals surface area contributed by atoms with Crippen LogP contribution in [-0.4, -0.2) is 40.0 Å². The summed E-state index contributed by atoms with van der Waals surface area (Å²) in [6.07, 6.45) is 4.89. The van der Waals surface area contributed by atoms with Gasteiger partial charge < -0.3 is 15.7 Å². The molecule has 3 rings (SSSR count). The van der Waals surface area contributed by atoms with Crippen LogP contribution in [0.1, 0.15) is 24.1 Å². The monoisotopic (exact) mass is 327 g/mol. The molecule has 1 aliphatic rings. The molecule has 0 saturated carbocycles. The van der Waals surface area contributed by atoms with Gasteiger partial charge in [0.25, 0.3) is 0 Å². The van der Waals surface area contributed by atoms with Crippen LogP contribution >= 0.6 is 0 Å². The van der Waals surface area contributed by atoms with Crippen LogP contribution in [0.2, 0.25) is 0 Å². The molecule has 1 aliphatic heterocycles. The number of hydrogen-bond donors (Lipinski definition) is 2. The van der Waals surface area contributed by atoms with Gasteiger partial charge in [-0.05, 0) is 37.5 Å². The van der Waals surface area contributed by atoms with Crippen molar-refractivity contribution in [3.05, 3.63) is 41.7 Å². The lowest BCUT2D eigenvalue weighted by atomic mass is 9.96. The van der Waals surface area contributed by atoms with Crippen LogP contribution in [0.3, 0.4) is 0 Å². The molecule has 1 aromatic carbocycles. The van der Waals surface area contributed by atoms with Crippen molar-refractivity contribution in [3.63, 3.8) is 0 Å². The SMILES string of the molecule is Cc1cn(N=Cc2ccc(N3CCC(C(=O)O)CC3)cc2)c(N)n1. The van der Waals surface area contributed by atoms with E-state index < -0.39 is 5.97 Å². The van der Waals surface area contributed by atoms with Gasteiger partial charge in [-0.25, -0.2) is 9.66 Å². The second-order valence-corrected chi connectivity index (χ2v) is 6.02. The molecule has 0 radical (unpaired) electrons. The van der Waals surface area contributed by atoms with E-state index in [1.54, 1.807) is 17.1 Å². The maximum atomic E-state index is 11.0. The van der Waals surface area contributed by atoms with Gasteiger partial charge in [0, 0.05) is 18.8 Å². The Morgan fingerprint density at radius 2 is 2.00 bits per heavy atom. The fraction of sp³-hybridized carbons (Fsp3) is 0.353. The standard InChI is InChI=1S/C17H21N5O2/c1-12-11-22(17(18)20-12)19-10-13-2-4-15(5-3-13)21-8-6-14(7-9-21)16(23)24/h2-5,10-11,14H,6-9H2,1H3,(H2,18,20)(H,23,24). The van der Waals surface area contributed by atoms with E-state index in [1.165, 1.54) is 0 Å². The van der Waals surface area contributed by atoms with Gasteiger partial charge >= 0.3 is 5.97 Å². The number of nitrogens with two attached hydrogens (primary N) is 1. The minimum absolute atomic E-state index is 0.211. The van der Waals surface area contributed by atoms with E-state index in [-0.39, 0.29) is 5.92 Å². The molecule has 0 amide bonds. The van der Waals surface area contributed by atoms with Crippen molar-refractivity contribution in [1.82, 2.24) is 9.66 Å². The molecule has 0 unspecified atom stereocenters. The van der Waals surface area contributed by atoms with E-state index in [0.717, 1.165) is 30.0 Å². The molecule has 3 N–H and O–H groups in total. The number of anilines is 2. The van der Waals surface area contributed by atoms with Crippen molar-refractivity contribution in [2.24, 2.45) is 11.0 Å². The summed E-state index contributed by atoms with van der Waals surface area (Å²) in [5, 5.41) is 13.4. The highest BCUT2D eigenvalue weighted by molar-refractivity contribution is 5.80. The zero-order chi connectivity index (χ0) is 17.1. The third kappa shape index (κ3) is 3.56. The van der Waals surface area contributed by atoms with Gasteiger partial charge in [0.05, 0.1) is 24.0 Å². The van der Waals surface area contributed by atoms with Crippen LogP contribution in [0.15, 0.2) is 35.6 Å². The summed E-state index contributed by atoms with van der Waals surface area (Å²) in [6.45, 7) is 3.41. The molecule has 24 heavy (non-hydrogen) atoms. The number of aliphatic carboxylic acids is 1. The van der Waals surface area contributed by atoms with E-state index in [2.05, 4.69) is 15.0 Å². The van der Waals surface area contributed by atoms with E-state index in [1.807, 2.05) is 31.2 Å². The largest absolute Gasteiger partial charge is 0.481 e. The Morgan fingerprint density at radius 1 is 1.33 bits per heavy atom. The molecule has 1 saturated heterocycles. The summed E-state index contributed by atoms with van der Waals surface area (Å²) in [4.78, 5) is 17.3. The van der Waals surface area contributed by atoms with E-state index >= 15 is 0 Å². The molecule has 2 heterocycles. The lowest BCUT2D eigenvalue weighted by Crippen LogP contribution is -2.36. The number of aromatic nitrogens is 2. The fourth-order valence-electron chi connectivity index (χ4n) is 2.88. The number of imidazole rings is 1. The number of nitrogens with zero attached hydrogens (tertiary/aromatic N) is 4. The summed E-state index contributed by atoms with van der Waals surface area (Å²) in [7, 11) is 0. The summed E-state index contributed by atoms with van der Waals surface area (Å²) in [5.41, 5.74) is 8.64. The molecule has 0 bridgehead atoms. The van der Waals surface area contributed by atoms with Crippen LogP contribution in [0.4, 0.5) is 11.6 Å². The highest BCUT2D eigenvalue weighted by Gasteiger charge is 2.24. The van der Waals surface area contributed by atoms with E-state index in [4.69, 9.17) is 10.8 Å². The van der Waals surface area contributed by atoms with Gasteiger partial charge in [0.15, 0.2) is 0 Å². The third-order valence-electron chi connectivity index (χ3n) is 4.27. The average Bonchev–Trinajstić information content (AvgIpc) is 2.91. The molecule has 126 valence electrons. The van der Waals surface area contributed by atoms with Crippen LogP contribution in [0, 0.1) is 12.8 Å². The normalized spacial score (nSPS) is 16.0. The molecule has 1 fully saturated rings. The number of carboxylic acids is 1. The second kappa shape index (κ2) is 6.74. The number of carbonyl (C=O) groups is 1. The number of rotatable bonds is 4. The topological polar surface area (TPSA) is 96.7 Å². The van der Waals surface area contributed by atoms with Gasteiger partial charge in [-0.2, -0.15) is 5.10 Å². The molecule has 7 nitrogen and oxygen atoms in total. The lowest BCUT2D eigenvalue weighted by Gasteiger charge is -2.31. The first-order chi connectivity index (χ1) is 11.5. The molecular weight excluding hydrogens is 306 g/mol. The number of piperidine rings is 1. The fourth-order valence-corrected chi connectivity index (χ4v) is 2.88. The number of aryl methyl sites for hydroxylation is 1. The zero-order valence-electron chi connectivity index (χ0n) is 13.6. The van der Waals surface area contributed by atoms with Gasteiger partial charge in [-0.1, -0.05) is 12.1 Å². The zero-order valence-corrected chi connectivity index (χ0v) is 13.6. The quantitative estimate of drug-likeness (QED) is 0.837. The Kier molecular flexibility index (Phi) is 4.50. The molecule has 2 aromatic rings. The number of carboxylic acid groups (broad SMARTS) is 1. The maximum Gasteiger partial charge on any atom is 0.306 e. The molecular formula is C17H21N5O2. The first-order valence-electron chi connectivity index (χ1n) is 7.96. The molecule has 0 spiro atoms. The Bertz CT molecular complexity index is 743. The lowest BCUT2D eigenvalue weighted by molar-refractivity contribution is -0.142. The predicted octanol–water partition coefficient (Wildman–Crippen LogP) is 1.96. The highest BCUT2D eigenvalue weighted by Crippen LogP contribution is 2.23. The van der Waals surface area contributed by atoms with E-state index in [0.29, 0.717) is 18.8 Å². The summed E-state index contributed by atoms with van der Waals surface area (Å²) in [5.74, 6) is -0.534. The molecule has 7 heteroatoms. The van der Waals surface area contributed by atoms with E-state index in [9.17, 15) is 4.79 Å². The molecule has 0 atom stereocenters. The summed E-state index contributed by atoms with van der Waals surface area (Å²) in [6, 6.07) is 8.04. The van der Waals surface area contributed by atoms with Crippen molar-refractivity contribution in [3.8, 4) is 0 Å². The number of benzene rings is 1. The van der Waals surface area contributed by atoms with Gasteiger partial charge in [-0.15, -0.1) is 0 Å². The first kappa shape index (κ1) is 16.0. The van der Waals surface area contributed by atoms with Crippen molar-refractivity contribution >= 4 is 23.8 Å². The third-order valence-corrected chi connectivity index (χ3v) is 4.27. The number of hydrogen-bond acceptors (Lipinski definition) is 5. The van der Waals surface area contributed by atoms with Gasteiger partial charge in [0.1, 0.15) is 0 Å². The van der Waals surface area contributed by atoms with Crippen molar-refractivity contribution in [1.29, 1.82) is 0 Å².